The van der Waals surface area contributed by atoms with Crippen LogP contribution in [0.5, 0.6) is 5.75 Å². The molecule has 0 saturated heterocycles. The van der Waals surface area contributed by atoms with Gasteiger partial charge in [-0.1, -0.05) is 29.3 Å². The second-order valence-corrected chi connectivity index (χ2v) is 6.30. The fourth-order valence-corrected chi connectivity index (χ4v) is 3.11. The Kier molecular flexibility index (Phi) is 4.52. The average molecular weight is 333 g/mol. The monoisotopic (exact) mass is 332 g/mol. The molecule has 1 heterocycles. The van der Waals surface area contributed by atoms with Crippen molar-refractivity contribution in [2.45, 2.75) is 17.6 Å². The molecule has 0 bridgehead atoms. The molecule has 0 aliphatic heterocycles. The first-order valence-corrected chi connectivity index (χ1v) is 7.62. The average Bonchev–Trinajstić information content (AvgIpc) is 2.32. The maximum absolute atomic E-state index is 12.2. The van der Waals surface area contributed by atoms with Gasteiger partial charge in [0.25, 0.3) is 0 Å². The van der Waals surface area contributed by atoms with Crippen LogP contribution >= 0.6 is 23.2 Å². The fraction of sp³-hybridized carbons (Fsp3) is 0.154. The molecular weight excluding hydrogens is 323 g/mol. The van der Waals surface area contributed by atoms with Crippen molar-refractivity contribution in [3.8, 4) is 5.75 Å². The molecule has 1 atom stereocenters. The Morgan fingerprint density at radius 1 is 1.25 bits per heavy atom. The van der Waals surface area contributed by atoms with Gasteiger partial charge in [0.05, 0.1) is 26.6 Å². The van der Waals surface area contributed by atoms with Crippen LogP contribution in [-0.4, -0.2) is 9.32 Å². The van der Waals surface area contributed by atoms with Gasteiger partial charge in [-0.15, -0.1) is 0 Å². The Balaban J connectivity index is 2.33. The molecule has 0 spiro atoms. The van der Waals surface area contributed by atoms with Crippen LogP contribution in [-0.2, 0) is 16.6 Å². The highest BCUT2D eigenvalue weighted by Gasteiger charge is 2.17. The summed E-state index contributed by atoms with van der Waals surface area (Å²) in [5.74, 6) is -0.0573. The van der Waals surface area contributed by atoms with Gasteiger partial charge in [-0.05, 0) is 24.6 Å². The van der Waals surface area contributed by atoms with Crippen molar-refractivity contribution >= 4 is 34.0 Å². The maximum Gasteiger partial charge on any atom is 0.356 e. The predicted molar refractivity (Wildman–Crippen MR) is 78.0 cm³/mol. The number of benzene rings is 1. The predicted octanol–water partition coefficient (Wildman–Crippen LogP) is 3.27. The molecule has 0 aliphatic carbocycles. The Hall–Kier alpha value is -1.30. The molecular formula is C13H10Cl2O4S. The van der Waals surface area contributed by atoms with Crippen molar-refractivity contribution in [3.63, 3.8) is 0 Å². The third-order valence-electron chi connectivity index (χ3n) is 2.52. The normalized spacial score (nSPS) is 12.3. The lowest BCUT2D eigenvalue weighted by Gasteiger charge is -2.05. The van der Waals surface area contributed by atoms with Gasteiger partial charge < -0.3 is 9.52 Å². The van der Waals surface area contributed by atoms with Crippen LogP contribution in [0.4, 0.5) is 0 Å². The summed E-state index contributed by atoms with van der Waals surface area (Å²) in [6, 6.07) is 6.05. The minimum atomic E-state index is -1.74. The smallest absolute Gasteiger partial charge is 0.356 e. The number of hydrogen-bond donors (Lipinski definition) is 1. The van der Waals surface area contributed by atoms with Crippen molar-refractivity contribution < 1.29 is 13.7 Å². The quantitative estimate of drug-likeness (QED) is 0.936. The molecule has 1 aromatic heterocycles. The minimum absolute atomic E-state index is 0.0261. The molecule has 0 fully saturated rings. The first kappa shape index (κ1) is 15.1. The number of halogens is 2. The van der Waals surface area contributed by atoms with E-state index in [1.54, 1.807) is 18.2 Å². The van der Waals surface area contributed by atoms with E-state index >= 15 is 0 Å². The Morgan fingerprint density at radius 3 is 2.55 bits per heavy atom. The summed E-state index contributed by atoms with van der Waals surface area (Å²) in [5, 5.41) is 10.4. The molecule has 2 rings (SSSR count). The molecule has 0 saturated carbocycles. The Labute approximate surface area is 127 Å². The zero-order valence-corrected chi connectivity index (χ0v) is 12.7. The second-order valence-electron chi connectivity index (χ2n) is 4.10. The number of rotatable bonds is 3. The van der Waals surface area contributed by atoms with E-state index in [2.05, 4.69) is 0 Å². The molecule has 1 N–H and O–H groups in total. The molecule has 1 aromatic carbocycles. The molecule has 1 unspecified atom stereocenters. The van der Waals surface area contributed by atoms with Gasteiger partial charge in [0.2, 0.25) is 0 Å². The topological polar surface area (TPSA) is 67.5 Å². The summed E-state index contributed by atoms with van der Waals surface area (Å²) in [7, 11) is -1.74. The van der Waals surface area contributed by atoms with E-state index in [-0.39, 0.29) is 22.2 Å². The van der Waals surface area contributed by atoms with E-state index in [0.29, 0.717) is 15.6 Å². The Bertz CT molecular complexity index is 740. The van der Waals surface area contributed by atoms with Gasteiger partial charge in [0, 0.05) is 6.07 Å². The molecule has 2 aromatic rings. The van der Waals surface area contributed by atoms with Gasteiger partial charge in [-0.3, -0.25) is 4.21 Å². The van der Waals surface area contributed by atoms with Crippen molar-refractivity contribution in [2.75, 3.05) is 0 Å². The van der Waals surface area contributed by atoms with Crippen molar-refractivity contribution in [2.24, 2.45) is 0 Å². The van der Waals surface area contributed by atoms with E-state index < -0.39 is 16.4 Å². The van der Waals surface area contributed by atoms with Crippen molar-refractivity contribution in [1.82, 2.24) is 0 Å². The van der Waals surface area contributed by atoms with E-state index in [0.717, 1.165) is 0 Å². The van der Waals surface area contributed by atoms with Crippen LogP contribution in [0.15, 0.2) is 38.4 Å². The number of aromatic hydroxyl groups is 1. The molecule has 0 amide bonds. The van der Waals surface area contributed by atoms with Gasteiger partial charge in [-0.2, -0.15) is 0 Å². The van der Waals surface area contributed by atoms with Crippen LogP contribution in [0.2, 0.25) is 10.0 Å². The summed E-state index contributed by atoms with van der Waals surface area (Å²) < 4.78 is 17.0. The van der Waals surface area contributed by atoms with Crippen LogP contribution in [0, 0.1) is 6.92 Å². The lowest BCUT2D eigenvalue weighted by Crippen LogP contribution is -2.11. The SMILES string of the molecule is Cc1cc(O)c(S(=O)Cc2ccc(Cl)c(Cl)c2)c(=O)o1. The molecule has 0 aliphatic rings. The number of aryl methyl sites for hydroxylation is 1. The van der Waals surface area contributed by atoms with Gasteiger partial charge >= 0.3 is 5.63 Å². The highest BCUT2D eigenvalue weighted by atomic mass is 35.5. The van der Waals surface area contributed by atoms with E-state index in [4.69, 9.17) is 27.6 Å². The van der Waals surface area contributed by atoms with Crippen LogP contribution in [0.3, 0.4) is 0 Å². The van der Waals surface area contributed by atoms with E-state index in [1.165, 1.54) is 13.0 Å². The fourth-order valence-electron chi connectivity index (χ4n) is 1.65. The highest BCUT2D eigenvalue weighted by Crippen LogP contribution is 2.25. The van der Waals surface area contributed by atoms with E-state index in [9.17, 15) is 14.1 Å². The zero-order chi connectivity index (χ0) is 14.9. The maximum atomic E-state index is 12.2. The summed E-state index contributed by atoms with van der Waals surface area (Å²) in [5.41, 5.74) is -0.169. The first-order chi connectivity index (χ1) is 9.38. The molecule has 7 heteroatoms. The third-order valence-corrected chi connectivity index (χ3v) is 4.69. The molecule has 0 radical (unpaired) electrons. The zero-order valence-electron chi connectivity index (χ0n) is 10.4. The molecule has 4 nitrogen and oxygen atoms in total. The largest absolute Gasteiger partial charge is 0.506 e. The van der Waals surface area contributed by atoms with Crippen LogP contribution < -0.4 is 5.63 Å². The van der Waals surface area contributed by atoms with E-state index in [1.807, 2.05) is 0 Å². The second kappa shape index (κ2) is 5.99. The summed E-state index contributed by atoms with van der Waals surface area (Å²) in [4.78, 5) is 11.4. The van der Waals surface area contributed by atoms with Gasteiger partial charge in [0.15, 0.2) is 4.90 Å². The third kappa shape index (κ3) is 3.23. The summed E-state index contributed by atoms with van der Waals surface area (Å²) in [6.07, 6.45) is 0. The van der Waals surface area contributed by atoms with Crippen molar-refractivity contribution in [3.05, 3.63) is 56.1 Å². The summed E-state index contributed by atoms with van der Waals surface area (Å²) in [6.45, 7) is 1.52. The molecule has 106 valence electrons. The molecule has 20 heavy (non-hydrogen) atoms. The van der Waals surface area contributed by atoms with Crippen molar-refractivity contribution in [1.29, 1.82) is 0 Å². The highest BCUT2D eigenvalue weighted by molar-refractivity contribution is 7.84. The lowest BCUT2D eigenvalue weighted by atomic mass is 10.2. The summed E-state index contributed by atoms with van der Waals surface area (Å²) >= 11 is 11.7. The van der Waals surface area contributed by atoms with Crippen LogP contribution in [0.25, 0.3) is 0 Å². The standard InChI is InChI=1S/C13H10Cl2O4S/c1-7-4-11(16)12(13(17)19-7)20(18)6-8-2-3-9(14)10(15)5-8/h2-5,16H,6H2,1H3. The Morgan fingerprint density at radius 2 is 1.95 bits per heavy atom. The number of hydrogen-bond acceptors (Lipinski definition) is 4. The van der Waals surface area contributed by atoms with Crippen LogP contribution in [0.1, 0.15) is 11.3 Å². The van der Waals surface area contributed by atoms with Gasteiger partial charge in [-0.25, -0.2) is 4.79 Å². The lowest BCUT2D eigenvalue weighted by molar-refractivity contribution is 0.410. The van der Waals surface area contributed by atoms with Gasteiger partial charge in [0.1, 0.15) is 11.5 Å². The first-order valence-electron chi connectivity index (χ1n) is 5.54. The minimum Gasteiger partial charge on any atom is -0.506 e.